The maximum Gasteiger partial charge on any atom is 0.411 e. The number of aryl methyl sites for hydroxylation is 1. The highest BCUT2D eigenvalue weighted by atomic mass is 79.9. The Labute approximate surface area is 288 Å². The van der Waals surface area contributed by atoms with Crippen LogP contribution in [0.5, 0.6) is 0 Å². The van der Waals surface area contributed by atoms with Gasteiger partial charge in [-0.1, -0.05) is 91.9 Å². The fourth-order valence-electron chi connectivity index (χ4n) is 5.30. The number of pyridine rings is 1. The van der Waals surface area contributed by atoms with Crippen LogP contribution in [0.1, 0.15) is 29.3 Å². The van der Waals surface area contributed by atoms with Crippen LogP contribution in [0, 0.1) is 0 Å². The summed E-state index contributed by atoms with van der Waals surface area (Å²) in [6.07, 6.45) is 3.49. The molecule has 0 aliphatic rings. The quantitative estimate of drug-likeness (QED) is 0.126. The third-order valence-electron chi connectivity index (χ3n) is 7.56. The molecule has 10 heteroatoms. The second kappa shape index (κ2) is 17.1. The zero-order chi connectivity index (χ0) is 33.7. The molecular formula is C38H38BrN4O5+. The van der Waals surface area contributed by atoms with Crippen LogP contribution in [0.15, 0.2) is 126 Å². The first-order valence-corrected chi connectivity index (χ1v) is 16.6. The van der Waals surface area contributed by atoms with Gasteiger partial charge >= 0.3 is 12.2 Å². The molecule has 0 radical (unpaired) electrons. The van der Waals surface area contributed by atoms with Gasteiger partial charge in [-0.15, -0.1) is 0 Å². The molecule has 0 atom stereocenters. The number of carbonyl (C=O) groups is 3. The first kappa shape index (κ1) is 34.1. The van der Waals surface area contributed by atoms with Crippen LogP contribution in [0.3, 0.4) is 0 Å². The summed E-state index contributed by atoms with van der Waals surface area (Å²) in [5.41, 5.74) is 2.73. The number of rotatable bonds is 13. The number of aromatic nitrogens is 1. The molecule has 48 heavy (non-hydrogen) atoms. The summed E-state index contributed by atoms with van der Waals surface area (Å²) in [4.78, 5) is 43.0. The summed E-state index contributed by atoms with van der Waals surface area (Å²) in [5.74, 6) is -0.213. The van der Waals surface area contributed by atoms with E-state index in [9.17, 15) is 14.4 Å². The molecule has 0 aliphatic carbocycles. The van der Waals surface area contributed by atoms with E-state index < -0.39 is 12.2 Å². The number of halogens is 1. The van der Waals surface area contributed by atoms with Crippen LogP contribution in [-0.4, -0.2) is 49.3 Å². The molecule has 0 bridgehead atoms. The van der Waals surface area contributed by atoms with Gasteiger partial charge in [0.1, 0.15) is 25.3 Å². The van der Waals surface area contributed by atoms with E-state index in [-0.39, 0.29) is 38.8 Å². The number of benzene rings is 4. The standard InChI is InChI=1S/C38H37BrN4O5/c1-2-20-41-27-31(25-32(39)28-41)36(44)43(33-16-7-4-8-17-33)22-24-48-38(46)42(26-29-12-5-3-6-13-29)21-23-47-37(45)40-35-19-11-15-30-14-9-10-18-34(30)35/h3-19,25,27-28H,2,20-24,26H2,1H3/p+1. The third kappa shape index (κ3) is 9.42. The summed E-state index contributed by atoms with van der Waals surface area (Å²) >= 11 is 3.53. The van der Waals surface area contributed by atoms with Crippen molar-refractivity contribution in [3.05, 3.63) is 137 Å². The van der Waals surface area contributed by atoms with Crippen molar-refractivity contribution in [2.24, 2.45) is 0 Å². The average Bonchev–Trinajstić information content (AvgIpc) is 3.10. The number of hydrogen-bond acceptors (Lipinski definition) is 5. The second-order valence-corrected chi connectivity index (χ2v) is 12.0. The highest BCUT2D eigenvalue weighted by Crippen LogP contribution is 2.23. The zero-order valence-electron chi connectivity index (χ0n) is 26.8. The van der Waals surface area contributed by atoms with Crippen molar-refractivity contribution in [3.63, 3.8) is 0 Å². The van der Waals surface area contributed by atoms with E-state index in [0.29, 0.717) is 16.9 Å². The summed E-state index contributed by atoms with van der Waals surface area (Å²) in [6.45, 7) is 3.25. The predicted octanol–water partition coefficient (Wildman–Crippen LogP) is 7.83. The van der Waals surface area contributed by atoms with E-state index in [1.54, 1.807) is 11.0 Å². The molecule has 0 spiro atoms. The van der Waals surface area contributed by atoms with E-state index in [4.69, 9.17) is 9.47 Å². The van der Waals surface area contributed by atoms with Gasteiger partial charge in [-0.25, -0.2) is 14.2 Å². The number of carbonyl (C=O) groups excluding carboxylic acids is 3. The monoisotopic (exact) mass is 709 g/mol. The van der Waals surface area contributed by atoms with Crippen LogP contribution in [-0.2, 0) is 22.6 Å². The van der Waals surface area contributed by atoms with E-state index in [1.165, 1.54) is 4.90 Å². The molecule has 0 aliphatic heterocycles. The van der Waals surface area contributed by atoms with Gasteiger partial charge < -0.3 is 19.3 Å². The van der Waals surface area contributed by atoms with Crippen LogP contribution in [0.4, 0.5) is 21.0 Å². The van der Waals surface area contributed by atoms with Gasteiger partial charge in [-0.05, 0) is 51.1 Å². The van der Waals surface area contributed by atoms with Gasteiger partial charge in [0.15, 0.2) is 12.4 Å². The van der Waals surface area contributed by atoms with Crippen LogP contribution in [0.25, 0.3) is 10.8 Å². The van der Waals surface area contributed by atoms with Crippen molar-refractivity contribution in [1.29, 1.82) is 0 Å². The number of ether oxygens (including phenoxy) is 2. The van der Waals surface area contributed by atoms with Crippen LogP contribution < -0.4 is 14.8 Å². The van der Waals surface area contributed by atoms with Crippen molar-refractivity contribution >= 4 is 56.2 Å². The first-order chi connectivity index (χ1) is 23.4. The number of amides is 3. The fourth-order valence-corrected chi connectivity index (χ4v) is 5.81. The van der Waals surface area contributed by atoms with Gasteiger partial charge in [0.05, 0.1) is 23.2 Å². The molecule has 5 aromatic rings. The molecule has 0 fully saturated rings. The van der Waals surface area contributed by atoms with E-state index in [1.807, 2.05) is 120 Å². The SMILES string of the molecule is CCC[n+]1cc(Br)cc(C(=O)N(CCOC(=O)N(CCOC(=O)Nc2cccc3ccccc23)Cc2ccccc2)c2ccccc2)c1. The number of fused-ring (bicyclic) bond motifs is 1. The zero-order valence-corrected chi connectivity index (χ0v) is 28.3. The van der Waals surface area contributed by atoms with E-state index in [0.717, 1.165) is 33.8 Å². The smallest absolute Gasteiger partial charge is 0.411 e. The lowest BCUT2D eigenvalue weighted by molar-refractivity contribution is -0.697. The number of para-hydroxylation sites is 1. The molecule has 9 nitrogen and oxygen atoms in total. The molecule has 1 aromatic heterocycles. The Hall–Kier alpha value is -5.22. The Bertz CT molecular complexity index is 1830. The summed E-state index contributed by atoms with van der Waals surface area (Å²) in [6, 6.07) is 34.0. The Kier molecular flexibility index (Phi) is 12.1. The molecule has 1 N–H and O–H groups in total. The normalized spacial score (nSPS) is 10.7. The van der Waals surface area contributed by atoms with Crippen molar-refractivity contribution in [2.75, 3.05) is 36.5 Å². The minimum Gasteiger partial charge on any atom is -0.448 e. The van der Waals surface area contributed by atoms with E-state index in [2.05, 4.69) is 28.2 Å². The average molecular weight is 711 g/mol. The third-order valence-corrected chi connectivity index (χ3v) is 8.00. The van der Waals surface area contributed by atoms with Gasteiger partial charge in [-0.3, -0.25) is 10.1 Å². The van der Waals surface area contributed by atoms with Crippen LogP contribution in [0.2, 0.25) is 0 Å². The molecular weight excluding hydrogens is 672 g/mol. The number of hydrogen-bond donors (Lipinski definition) is 1. The lowest BCUT2D eigenvalue weighted by Crippen LogP contribution is -2.40. The van der Waals surface area contributed by atoms with Gasteiger partial charge in [0.2, 0.25) is 0 Å². The van der Waals surface area contributed by atoms with Crippen molar-refractivity contribution < 1.29 is 28.4 Å². The van der Waals surface area contributed by atoms with Gasteiger partial charge in [-0.2, -0.15) is 0 Å². The highest BCUT2D eigenvalue weighted by molar-refractivity contribution is 9.10. The van der Waals surface area contributed by atoms with Crippen molar-refractivity contribution in [2.45, 2.75) is 26.4 Å². The summed E-state index contributed by atoms with van der Waals surface area (Å²) in [5, 5.41) is 4.69. The molecule has 4 aromatic carbocycles. The van der Waals surface area contributed by atoms with E-state index >= 15 is 0 Å². The highest BCUT2D eigenvalue weighted by Gasteiger charge is 2.23. The lowest BCUT2D eigenvalue weighted by atomic mass is 10.1. The number of nitrogens with one attached hydrogen (secondary N) is 1. The molecule has 246 valence electrons. The predicted molar refractivity (Wildman–Crippen MR) is 190 cm³/mol. The number of anilines is 2. The van der Waals surface area contributed by atoms with Gasteiger partial charge in [0.25, 0.3) is 5.91 Å². The van der Waals surface area contributed by atoms with Gasteiger partial charge in [0, 0.05) is 24.0 Å². The Morgan fingerprint density at radius 1 is 0.792 bits per heavy atom. The minimum atomic E-state index is -0.621. The molecule has 0 saturated carbocycles. The Balaban J connectivity index is 1.23. The fraction of sp³-hybridized carbons (Fsp3) is 0.211. The number of nitrogens with zero attached hydrogens (tertiary/aromatic N) is 3. The Morgan fingerprint density at radius 3 is 2.25 bits per heavy atom. The molecule has 0 saturated heterocycles. The molecule has 0 unspecified atom stereocenters. The van der Waals surface area contributed by atoms with Crippen molar-refractivity contribution in [3.8, 4) is 0 Å². The summed E-state index contributed by atoms with van der Waals surface area (Å²) < 4.78 is 14.0. The molecule has 5 rings (SSSR count). The molecule has 1 heterocycles. The maximum atomic E-state index is 13.8. The maximum absolute atomic E-state index is 13.8. The Morgan fingerprint density at radius 2 is 1.48 bits per heavy atom. The lowest BCUT2D eigenvalue weighted by Gasteiger charge is -2.25. The summed E-state index contributed by atoms with van der Waals surface area (Å²) in [7, 11) is 0. The second-order valence-electron chi connectivity index (χ2n) is 11.1. The topological polar surface area (TPSA) is 92.1 Å². The first-order valence-electron chi connectivity index (χ1n) is 15.8. The largest absolute Gasteiger partial charge is 0.448 e. The van der Waals surface area contributed by atoms with Crippen LogP contribution >= 0.6 is 15.9 Å². The van der Waals surface area contributed by atoms with Crippen molar-refractivity contribution in [1.82, 2.24) is 4.90 Å². The molecule has 3 amide bonds. The minimum absolute atomic E-state index is 0.0455.